The maximum Gasteiger partial charge on any atom is 0.0494 e. The minimum absolute atomic E-state index is 0.160. The molecule has 0 spiro atoms. The van der Waals surface area contributed by atoms with Crippen LogP contribution in [0.1, 0.15) is 52.7 Å². The van der Waals surface area contributed by atoms with E-state index >= 15 is 0 Å². The van der Waals surface area contributed by atoms with Crippen LogP contribution in [-0.4, -0.2) is 4.98 Å². The third kappa shape index (κ3) is 2.11. The quantitative estimate of drug-likeness (QED) is 0.670. The first-order valence-corrected chi connectivity index (χ1v) is 6.32. The molecule has 0 atom stereocenters. The summed E-state index contributed by atoms with van der Waals surface area (Å²) in [5, 5.41) is 1.31. The number of hydrogen-bond donors (Lipinski definition) is 1. The fourth-order valence-corrected chi connectivity index (χ4v) is 2.53. The first-order valence-electron chi connectivity index (χ1n) is 6.32. The molecule has 1 heterocycles. The van der Waals surface area contributed by atoms with Gasteiger partial charge < -0.3 is 4.98 Å². The Hall–Kier alpha value is -1.24. The number of H-pyrrole nitrogens is 1. The van der Waals surface area contributed by atoms with Gasteiger partial charge in [0.2, 0.25) is 0 Å². The zero-order valence-corrected chi connectivity index (χ0v) is 11.8. The average molecular weight is 229 g/mol. The molecule has 1 aromatic heterocycles. The lowest BCUT2D eigenvalue weighted by molar-refractivity contribution is 0.534. The largest absolute Gasteiger partial charge is 0.361 e. The van der Waals surface area contributed by atoms with Gasteiger partial charge in [0.1, 0.15) is 0 Å². The maximum absolute atomic E-state index is 3.41. The number of fused-ring (bicyclic) bond motifs is 1. The minimum atomic E-state index is 0.160. The smallest absolute Gasteiger partial charge is 0.0494 e. The highest BCUT2D eigenvalue weighted by Crippen LogP contribution is 2.38. The number of rotatable bonds is 0. The Bertz CT molecular complexity index is 533. The number of benzene rings is 1. The van der Waals surface area contributed by atoms with Gasteiger partial charge in [0, 0.05) is 11.7 Å². The molecule has 0 saturated heterocycles. The van der Waals surface area contributed by atoms with Crippen LogP contribution >= 0.6 is 0 Å². The van der Waals surface area contributed by atoms with E-state index < -0.39 is 0 Å². The van der Waals surface area contributed by atoms with Crippen molar-refractivity contribution in [3.63, 3.8) is 0 Å². The highest BCUT2D eigenvalue weighted by Gasteiger charge is 2.27. The van der Waals surface area contributed by atoms with Crippen molar-refractivity contribution in [2.24, 2.45) is 0 Å². The fraction of sp³-hybridized carbons (Fsp3) is 0.500. The Kier molecular flexibility index (Phi) is 2.61. The van der Waals surface area contributed by atoms with E-state index in [1.165, 1.54) is 22.0 Å². The van der Waals surface area contributed by atoms with E-state index in [2.05, 4.69) is 64.7 Å². The van der Waals surface area contributed by atoms with Crippen molar-refractivity contribution in [2.75, 3.05) is 0 Å². The van der Waals surface area contributed by atoms with Crippen LogP contribution in [0.5, 0.6) is 0 Å². The molecule has 0 aliphatic heterocycles. The first-order chi connectivity index (χ1) is 7.71. The van der Waals surface area contributed by atoms with Crippen molar-refractivity contribution in [1.82, 2.24) is 4.98 Å². The van der Waals surface area contributed by atoms with Crippen molar-refractivity contribution in [1.29, 1.82) is 0 Å². The molecule has 1 aromatic carbocycles. The first kappa shape index (κ1) is 12.2. The zero-order chi connectivity index (χ0) is 12.8. The molecule has 0 saturated carbocycles. The molecule has 2 rings (SSSR count). The predicted octanol–water partition coefficient (Wildman–Crippen LogP) is 4.76. The zero-order valence-electron chi connectivity index (χ0n) is 11.8. The molecule has 1 heteroatoms. The molecular formula is C16H23N. The molecule has 1 nitrogen and oxygen atoms in total. The van der Waals surface area contributed by atoms with Crippen LogP contribution in [0, 0.1) is 0 Å². The lowest BCUT2D eigenvalue weighted by Crippen LogP contribution is -2.22. The van der Waals surface area contributed by atoms with Gasteiger partial charge in [-0.2, -0.15) is 0 Å². The normalized spacial score (nSPS) is 13.3. The van der Waals surface area contributed by atoms with Gasteiger partial charge in [-0.05, 0) is 33.4 Å². The summed E-state index contributed by atoms with van der Waals surface area (Å²) in [5.74, 6) is 0. The van der Waals surface area contributed by atoms with Crippen LogP contribution < -0.4 is 0 Å². The Labute approximate surface area is 104 Å². The van der Waals surface area contributed by atoms with Crippen LogP contribution in [0.2, 0.25) is 0 Å². The average Bonchev–Trinajstić information content (AvgIpc) is 2.59. The van der Waals surface area contributed by atoms with Crippen molar-refractivity contribution in [2.45, 2.75) is 52.4 Å². The number of aromatic nitrogens is 1. The summed E-state index contributed by atoms with van der Waals surface area (Å²) in [5.41, 5.74) is 4.53. The molecule has 0 aliphatic carbocycles. The van der Waals surface area contributed by atoms with E-state index in [0.717, 1.165) is 0 Å². The molecule has 1 N–H and O–H groups in total. The molecule has 0 unspecified atom stereocenters. The van der Waals surface area contributed by atoms with Gasteiger partial charge in [-0.25, -0.2) is 0 Å². The monoisotopic (exact) mass is 229 g/mol. The summed E-state index contributed by atoms with van der Waals surface area (Å²) in [6, 6.07) is 6.66. The van der Waals surface area contributed by atoms with Crippen LogP contribution in [-0.2, 0) is 10.8 Å². The SMILES string of the molecule is CC(C)(C)c1ccc2cc[nH]c2c1C(C)(C)C. The summed E-state index contributed by atoms with van der Waals surface area (Å²) in [6.45, 7) is 13.7. The molecular weight excluding hydrogens is 206 g/mol. The van der Waals surface area contributed by atoms with Gasteiger partial charge in [0.05, 0.1) is 0 Å². The van der Waals surface area contributed by atoms with Crippen molar-refractivity contribution < 1.29 is 0 Å². The molecule has 2 aromatic rings. The summed E-state index contributed by atoms with van der Waals surface area (Å²) in [4.78, 5) is 3.41. The Morgan fingerprint density at radius 3 is 2.00 bits per heavy atom. The molecule has 92 valence electrons. The second-order valence-electron chi connectivity index (χ2n) is 6.93. The Balaban J connectivity index is 2.85. The molecule has 0 bridgehead atoms. The summed E-state index contributed by atoms with van der Waals surface area (Å²) in [6.07, 6.45) is 2.03. The third-order valence-electron chi connectivity index (χ3n) is 3.29. The van der Waals surface area contributed by atoms with E-state index in [4.69, 9.17) is 0 Å². The van der Waals surface area contributed by atoms with Gasteiger partial charge in [-0.1, -0.05) is 53.7 Å². The fourth-order valence-electron chi connectivity index (χ4n) is 2.53. The van der Waals surface area contributed by atoms with Crippen LogP contribution in [0.3, 0.4) is 0 Å². The van der Waals surface area contributed by atoms with E-state index in [-0.39, 0.29) is 10.8 Å². The molecule has 0 radical (unpaired) electrons. The Morgan fingerprint density at radius 1 is 0.824 bits per heavy atom. The molecule has 0 amide bonds. The van der Waals surface area contributed by atoms with Crippen molar-refractivity contribution in [3.05, 3.63) is 35.5 Å². The van der Waals surface area contributed by atoms with E-state index in [0.29, 0.717) is 0 Å². The number of aromatic amines is 1. The van der Waals surface area contributed by atoms with E-state index in [1.54, 1.807) is 0 Å². The predicted molar refractivity (Wildman–Crippen MR) is 75.7 cm³/mol. The second kappa shape index (κ2) is 3.63. The maximum atomic E-state index is 3.41. The molecule has 0 aliphatic rings. The minimum Gasteiger partial charge on any atom is -0.361 e. The van der Waals surface area contributed by atoms with Gasteiger partial charge in [-0.15, -0.1) is 0 Å². The number of hydrogen-bond acceptors (Lipinski definition) is 0. The van der Waals surface area contributed by atoms with Gasteiger partial charge >= 0.3 is 0 Å². The Morgan fingerprint density at radius 2 is 1.47 bits per heavy atom. The highest BCUT2D eigenvalue weighted by atomic mass is 14.7. The summed E-state index contributed by atoms with van der Waals surface area (Å²) >= 11 is 0. The van der Waals surface area contributed by atoms with Crippen LogP contribution in [0.15, 0.2) is 24.4 Å². The van der Waals surface area contributed by atoms with Crippen LogP contribution in [0.4, 0.5) is 0 Å². The second-order valence-corrected chi connectivity index (χ2v) is 6.93. The third-order valence-corrected chi connectivity index (χ3v) is 3.29. The van der Waals surface area contributed by atoms with Crippen molar-refractivity contribution >= 4 is 10.9 Å². The van der Waals surface area contributed by atoms with Gasteiger partial charge in [-0.3, -0.25) is 0 Å². The summed E-state index contributed by atoms with van der Waals surface area (Å²) < 4.78 is 0. The van der Waals surface area contributed by atoms with Gasteiger partial charge in [0.15, 0.2) is 0 Å². The lowest BCUT2D eigenvalue weighted by atomic mass is 9.74. The molecule has 17 heavy (non-hydrogen) atoms. The van der Waals surface area contributed by atoms with Gasteiger partial charge in [0.25, 0.3) is 0 Å². The standard InChI is InChI=1S/C16H23N/c1-15(2,3)12-8-7-11-9-10-17-14(11)13(12)16(4,5)6/h7-10,17H,1-6H3. The highest BCUT2D eigenvalue weighted by molar-refractivity contribution is 5.85. The van der Waals surface area contributed by atoms with E-state index in [9.17, 15) is 0 Å². The number of nitrogens with one attached hydrogen (secondary N) is 1. The van der Waals surface area contributed by atoms with Crippen molar-refractivity contribution in [3.8, 4) is 0 Å². The topological polar surface area (TPSA) is 15.8 Å². The van der Waals surface area contributed by atoms with E-state index in [1.807, 2.05) is 6.20 Å². The van der Waals surface area contributed by atoms with Crippen LogP contribution in [0.25, 0.3) is 10.9 Å². The lowest BCUT2D eigenvalue weighted by Gasteiger charge is -2.30. The summed E-state index contributed by atoms with van der Waals surface area (Å²) in [7, 11) is 0. The molecule has 0 fully saturated rings.